The van der Waals surface area contributed by atoms with Crippen molar-refractivity contribution in [1.29, 1.82) is 0 Å². The van der Waals surface area contributed by atoms with Crippen LogP contribution in [0.2, 0.25) is 0 Å². The van der Waals surface area contributed by atoms with E-state index in [2.05, 4.69) is 46.3 Å². The number of benzene rings is 1. The van der Waals surface area contributed by atoms with Gasteiger partial charge in [0.2, 0.25) is 5.95 Å². The van der Waals surface area contributed by atoms with Crippen LogP contribution in [0, 0.1) is 0 Å². The normalized spacial score (nSPS) is 10.6. The molecule has 1 aromatic carbocycles. The van der Waals surface area contributed by atoms with Crippen molar-refractivity contribution in [2.75, 3.05) is 11.9 Å². The number of nitrogens with zero attached hydrogens (tertiary/aromatic N) is 6. The Bertz CT molecular complexity index is 742. The highest BCUT2D eigenvalue weighted by atomic mass is 79.9. The van der Waals surface area contributed by atoms with E-state index in [0.717, 1.165) is 16.6 Å². The lowest BCUT2D eigenvalue weighted by Gasteiger charge is -2.08. The van der Waals surface area contributed by atoms with E-state index in [-0.39, 0.29) is 0 Å². The summed E-state index contributed by atoms with van der Waals surface area (Å²) in [5.41, 5.74) is 0.889. The summed E-state index contributed by atoms with van der Waals surface area (Å²) in [6, 6.07) is 7.77. The van der Waals surface area contributed by atoms with Gasteiger partial charge in [0, 0.05) is 16.6 Å². The monoisotopic (exact) mass is 345 g/mol. The summed E-state index contributed by atoms with van der Waals surface area (Å²) < 4.78 is 2.42. The number of hydrogen-bond donors (Lipinski definition) is 1. The third kappa shape index (κ3) is 2.89. The van der Waals surface area contributed by atoms with Crippen molar-refractivity contribution in [2.24, 2.45) is 0 Å². The molecule has 0 saturated carbocycles. The molecule has 2 aromatic heterocycles. The molecule has 0 saturated heterocycles. The summed E-state index contributed by atoms with van der Waals surface area (Å²) in [4.78, 5) is 17.1. The highest BCUT2D eigenvalue weighted by Crippen LogP contribution is 2.25. The van der Waals surface area contributed by atoms with Crippen LogP contribution in [-0.2, 0) is 0 Å². The predicted molar refractivity (Wildman–Crippen MR) is 82.0 cm³/mol. The minimum atomic E-state index is 0.421. The number of halogens is 1. The number of hydrogen-bond acceptors (Lipinski definition) is 6. The Labute approximate surface area is 129 Å². The van der Waals surface area contributed by atoms with E-state index in [9.17, 15) is 0 Å². The van der Waals surface area contributed by atoms with Crippen molar-refractivity contribution >= 4 is 21.9 Å². The van der Waals surface area contributed by atoms with Crippen LogP contribution >= 0.6 is 15.9 Å². The molecule has 0 fully saturated rings. The van der Waals surface area contributed by atoms with Crippen LogP contribution in [-0.4, -0.2) is 36.3 Å². The van der Waals surface area contributed by atoms with Crippen LogP contribution in [0.5, 0.6) is 0 Å². The fourth-order valence-corrected chi connectivity index (χ4v) is 2.24. The first-order chi connectivity index (χ1) is 10.3. The molecule has 0 aliphatic rings. The van der Waals surface area contributed by atoms with Crippen molar-refractivity contribution in [3.05, 3.63) is 41.4 Å². The molecule has 0 aliphatic heterocycles. The highest BCUT2D eigenvalue weighted by molar-refractivity contribution is 9.10. The summed E-state index contributed by atoms with van der Waals surface area (Å²) in [6.07, 6.45) is 2.99. The average molecular weight is 346 g/mol. The number of rotatable bonds is 4. The van der Waals surface area contributed by atoms with Crippen molar-refractivity contribution in [3.63, 3.8) is 0 Å². The second-order valence-corrected chi connectivity index (χ2v) is 4.99. The molecule has 7 nitrogen and oxygen atoms in total. The Morgan fingerprint density at radius 1 is 1.19 bits per heavy atom. The smallest absolute Gasteiger partial charge is 0.257 e. The summed E-state index contributed by atoms with van der Waals surface area (Å²) >= 11 is 3.51. The average Bonchev–Trinajstić information content (AvgIpc) is 3.02. The third-order valence-electron chi connectivity index (χ3n) is 2.70. The van der Waals surface area contributed by atoms with E-state index in [1.807, 2.05) is 31.2 Å². The van der Waals surface area contributed by atoms with Crippen LogP contribution in [0.25, 0.3) is 17.3 Å². The molecule has 0 radical (unpaired) electrons. The Balaban J connectivity index is 2.14. The maximum atomic E-state index is 4.46. The van der Waals surface area contributed by atoms with E-state index >= 15 is 0 Å². The van der Waals surface area contributed by atoms with Gasteiger partial charge in [-0.2, -0.15) is 24.7 Å². The lowest BCUT2D eigenvalue weighted by Crippen LogP contribution is -2.10. The molecular formula is C13H12BrN7. The Morgan fingerprint density at radius 2 is 2.05 bits per heavy atom. The molecule has 21 heavy (non-hydrogen) atoms. The van der Waals surface area contributed by atoms with Gasteiger partial charge in [0.15, 0.2) is 5.82 Å². The van der Waals surface area contributed by atoms with E-state index in [0.29, 0.717) is 17.7 Å². The van der Waals surface area contributed by atoms with Crippen molar-refractivity contribution < 1.29 is 0 Å². The third-order valence-corrected chi connectivity index (χ3v) is 3.39. The largest absolute Gasteiger partial charge is 0.354 e. The predicted octanol–water partition coefficient (Wildman–Crippen LogP) is 2.31. The van der Waals surface area contributed by atoms with Gasteiger partial charge < -0.3 is 5.32 Å². The van der Waals surface area contributed by atoms with Crippen LogP contribution in [0.4, 0.5) is 5.95 Å². The molecule has 0 aliphatic carbocycles. The van der Waals surface area contributed by atoms with Crippen LogP contribution in [0.1, 0.15) is 6.92 Å². The van der Waals surface area contributed by atoms with Gasteiger partial charge in [0.1, 0.15) is 12.7 Å². The first kappa shape index (κ1) is 13.6. The molecule has 0 bridgehead atoms. The molecule has 0 spiro atoms. The van der Waals surface area contributed by atoms with Crippen molar-refractivity contribution in [2.45, 2.75) is 6.92 Å². The molecule has 3 aromatic rings. The second kappa shape index (κ2) is 5.96. The zero-order chi connectivity index (χ0) is 14.7. The fraction of sp³-hybridized carbons (Fsp3) is 0.154. The minimum absolute atomic E-state index is 0.421. The first-order valence-corrected chi connectivity index (χ1v) is 7.17. The van der Waals surface area contributed by atoms with E-state index in [1.165, 1.54) is 11.0 Å². The Kier molecular flexibility index (Phi) is 3.87. The van der Waals surface area contributed by atoms with Crippen LogP contribution in [0.3, 0.4) is 0 Å². The number of aromatic nitrogens is 6. The highest BCUT2D eigenvalue weighted by Gasteiger charge is 2.12. The quantitative estimate of drug-likeness (QED) is 0.781. The zero-order valence-corrected chi connectivity index (χ0v) is 12.8. The molecule has 0 amide bonds. The first-order valence-electron chi connectivity index (χ1n) is 6.38. The lowest BCUT2D eigenvalue weighted by atomic mass is 10.2. The fourth-order valence-electron chi connectivity index (χ4n) is 1.78. The molecule has 3 rings (SSSR count). The van der Waals surface area contributed by atoms with Gasteiger partial charge in [0.05, 0.1) is 0 Å². The molecular weight excluding hydrogens is 334 g/mol. The van der Waals surface area contributed by atoms with Gasteiger partial charge >= 0.3 is 0 Å². The Morgan fingerprint density at radius 3 is 2.76 bits per heavy atom. The molecule has 1 N–H and O–H groups in total. The van der Waals surface area contributed by atoms with Gasteiger partial charge in [-0.15, -0.1) is 0 Å². The standard InChI is InChI=1S/C13H12BrN7/c1-2-16-12-18-11(9-5-3-4-6-10(9)14)19-13(20-12)21-8-15-7-17-21/h3-8H,2H2,1H3,(H,16,18,19,20). The number of nitrogens with one attached hydrogen (secondary N) is 1. The maximum absolute atomic E-state index is 4.46. The topological polar surface area (TPSA) is 81.4 Å². The van der Waals surface area contributed by atoms with Crippen LogP contribution < -0.4 is 5.32 Å². The zero-order valence-electron chi connectivity index (χ0n) is 11.2. The number of anilines is 1. The molecule has 106 valence electrons. The summed E-state index contributed by atoms with van der Waals surface area (Å²) in [5, 5.41) is 7.16. The SMILES string of the molecule is CCNc1nc(-c2ccccc2Br)nc(-n2cncn2)n1. The van der Waals surface area contributed by atoms with Crippen molar-refractivity contribution in [3.8, 4) is 17.3 Å². The summed E-state index contributed by atoms with van der Waals surface area (Å²) in [6.45, 7) is 2.70. The molecule has 2 heterocycles. The van der Waals surface area contributed by atoms with Crippen LogP contribution in [0.15, 0.2) is 41.4 Å². The van der Waals surface area contributed by atoms with E-state index in [1.54, 1.807) is 6.33 Å². The maximum Gasteiger partial charge on any atom is 0.257 e. The van der Waals surface area contributed by atoms with Gasteiger partial charge in [0.25, 0.3) is 5.95 Å². The van der Waals surface area contributed by atoms with Gasteiger partial charge in [-0.25, -0.2) is 4.98 Å². The Hall–Kier alpha value is -2.35. The molecule has 0 atom stereocenters. The van der Waals surface area contributed by atoms with Crippen molar-refractivity contribution in [1.82, 2.24) is 29.7 Å². The van der Waals surface area contributed by atoms with E-state index < -0.39 is 0 Å². The van der Waals surface area contributed by atoms with Gasteiger partial charge in [-0.05, 0) is 13.0 Å². The lowest BCUT2D eigenvalue weighted by molar-refractivity contribution is 0.796. The second-order valence-electron chi connectivity index (χ2n) is 4.13. The minimum Gasteiger partial charge on any atom is -0.354 e. The molecule has 8 heteroatoms. The molecule has 0 unspecified atom stereocenters. The van der Waals surface area contributed by atoms with Gasteiger partial charge in [-0.3, -0.25) is 0 Å². The summed E-state index contributed by atoms with van der Waals surface area (Å²) in [7, 11) is 0. The summed E-state index contributed by atoms with van der Waals surface area (Å²) in [5.74, 6) is 1.49. The van der Waals surface area contributed by atoms with Gasteiger partial charge in [-0.1, -0.05) is 34.1 Å². The van der Waals surface area contributed by atoms with E-state index in [4.69, 9.17) is 0 Å².